The number of nitrogen functional groups attached to an aromatic ring is 1. The molecule has 0 aliphatic rings. The molecule has 7 heteroatoms. The Labute approximate surface area is 75.1 Å². The van der Waals surface area contributed by atoms with Gasteiger partial charge in [-0.25, -0.2) is 0 Å². The van der Waals surface area contributed by atoms with Crippen LogP contribution in [0.3, 0.4) is 0 Å². The molecule has 70 valence electrons. The summed E-state index contributed by atoms with van der Waals surface area (Å²) in [4.78, 5) is 3.69. The van der Waals surface area contributed by atoms with Crippen LogP contribution in [-0.4, -0.2) is 29.5 Å². The molecule has 1 aromatic heterocycles. The van der Waals surface area contributed by atoms with E-state index in [1.165, 1.54) is 19.2 Å². The minimum Gasteiger partial charge on any atom is -0.498 e. The van der Waals surface area contributed by atoms with Gasteiger partial charge in [0.15, 0.2) is 11.6 Å². The molecule has 6 nitrogen and oxygen atoms in total. The summed E-state index contributed by atoms with van der Waals surface area (Å²) < 4.78 is 9.30. The summed E-state index contributed by atoms with van der Waals surface area (Å²) in [5.41, 5.74) is 5.43. The molecule has 0 amide bonds. The van der Waals surface area contributed by atoms with Gasteiger partial charge in [-0.1, -0.05) is 0 Å². The maximum atomic E-state index is 8.44. The second kappa shape index (κ2) is 3.97. The number of rotatable bonds is 3. The van der Waals surface area contributed by atoms with Crippen LogP contribution >= 0.6 is 0 Å². The molecule has 1 aromatic rings. The van der Waals surface area contributed by atoms with E-state index in [1.54, 1.807) is 0 Å². The van der Waals surface area contributed by atoms with Crippen LogP contribution in [0.25, 0.3) is 0 Å². The Balaban J connectivity index is 2.83. The van der Waals surface area contributed by atoms with Crippen molar-refractivity contribution in [1.29, 1.82) is 0 Å². The fourth-order valence-electron chi connectivity index (χ4n) is 0.790. The van der Waals surface area contributed by atoms with E-state index in [2.05, 4.69) is 9.64 Å². The fourth-order valence-corrected chi connectivity index (χ4v) is 0.790. The summed E-state index contributed by atoms with van der Waals surface area (Å²) in [6, 6.07) is 2.93. The van der Waals surface area contributed by atoms with E-state index in [0.29, 0.717) is 5.75 Å². The van der Waals surface area contributed by atoms with Crippen molar-refractivity contribution in [3.63, 3.8) is 0 Å². The van der Waals surface area contributed by atoms with Crippen LogP contribution in [0.15, 0.2) is 12.1 Å². The Morgan fingerprint density at radius 2 is 2.15 bits per heavy atom. The second-order valence-corrected chi connectivity index (χ2v) is 2.18. The fraction of sp³-hybridized carbons (Fsp3) is 0.167. The molecular formula is C6H9BN2O4. The van der Waals surface area contributed by atoms with Crippen LogP contribution in [0.5, 0.6) is 11.6 Å². The van der Waals surface area contributed by atoms with Crippen LogP contribution in [-0.2, 0) is 0 Å². The average Bonchev–Trinajstić information content (AvgIpc) is 2.03. The maximum absolute atomic E-state index is 8.44. The molecule has 0 atom stereocenters. The van der Waals surface area contributed by atoms with Crippen molar-refractivity contribution >= 4 is 13.1 Å². The van der Waals surface area contributed by atoms with Gasteiger partial charge in [0.25, 0.3) is 0 Å². The molecule has 13 heavy (non-hydrogen) atoms. The van der Waals surface area contributed by atoms with E-state index in [4.69, 9.17) is 20.5 Å². The van der Waals surface area contributed by atoms with Crippen LogP contribution < -0.4 is 15.1 Å². The van der Waals surface area contributed by atoms with Crippen LogP contribution in [0, 0.1) is 0 Å². The van der Waals surface area contributed by atoms with Gasteiger partial charge in [-0.2, -0.15) is 4.98 Å². The molecule has 0 saturated carbocycles. The Hall–Kier alpha value is -1.47. The average molecular weight is 184 g/mol. The molecule has 1 rings (SSSR count). The van der Waals surface area contributed by atoms with Gasteiger partial charge < -0.3 is 25.2 Å². The number of pyridine rings is 1. The predicted molar refractivity (Wildman–Crippen MR) is 46.0 cm³/mol. The zero-order chi connectivity index (χ0) is 9.84. The van der Waals surface area contributed by atoms with E-state index in [-0.39, 0.29) is 11.7 Å². The van der Waals surface area contributed by atoms with Crippen LogP contribution in [0.4, 0.5) is 5.82 Å². The second-order valence-electron chi connectivity index (χ2n) is 2.18. The summed E-state index contributed by atoms with van der Waals surface area (Å²) in [6.07, 6.45) is 0. The summed E-state index contributed by atoms with van der Waals surface area (Å²) in [7, 11) is -0.449. The molecule has 0 unspecified atom stereocenters. The Bertz CT molecular complexity index is 294. The monoisotopic (exact) mass is 184 g/mol. The highest BCUT2D eigenvalue weighted by Gasteiger charge is 2.13. The first-order valence-electron chi connectivity index (χ1n) is 3.47. The van der Waals surface area contributed by atoms with Crippen LogP contribution in [0.1, 0.15) is 0 Å². The topological polar surface area (TPSA) is 97.8 Å². The third-order valence-electron chi connectivity index (χ3n) is 1.31. The maximum Gasteiger partial charge on any atom is 0.708 e. The largest absolute Gasteiger partial charge is 0.708 e. The molecule has 0 aliphatic heterocycles. The van der Waals surface area contributed by atoms with Gasteiger partial charge in [0.2, 0.25) is 5.88 Å². The van der Waals surface area contributed by atoms with Crippen molar-refractivity contribution in [2.75, 3.05) is 12.8 Å². The number of hydrogen-bond donors (Lipinski definition) is 3. The highest BCUT2D eigenvalue weighted by Crippen LogP contribution is 2.21. The standard InChI is InChI=1S/C6H9BN2O4/c1-12-4-2-3-5(9-6(4)8)13-7(10)11/h2-3,10-11H,1H3,(H2,8,9). The molecule has 0 bridgehead atoms. The van der Waals surface area contributed by atoms with Gasteiger partial charge in [-0.15, -0.1) is 0 Å². The third kappa shape index (κ3) is 2.50. The van der Waals surface area contributed by atoms with Crippen molar-refractivity contribution in [3.8, 4) is 11.6 Å². The first-order valence-corrected chi connectivity index (χ1v) is 3.47. The highest BCUT2D eigenvalue weighted by molar-refractivity contribution is 6.33. The van der Waals surface area contributed by atoms with Gasteiger partial charge >= 0.3 is 7.32 Å². The van der Waals surface area contributed by atoms with Crippen molar-refractivity contribution in [2.24, 2.45) is 0 Å². The van der Waals surface area contributed by atoms with Gasteiger partial charge in [0.05, 0.1) is 7.11 Å². The first kappa shape index (κ1) is 9.62. The Kier molecular flexibility index (Phi) is 2.94. The lowest BCUT2D eigenvalue weighted by molar-refractivity contribution is 0.283. The third-order valence-corrected chi connectivity index (χ3v) is 1.31. The molecular weight excluding hydrogens is 175 g/mol. The van der Waals surface area contributed by atoms with E-state index in [1.807, 2.05) is 0 Å². The summed E-state index contributed by atoms with van der Waals surface area (Å²) in [6.45, 7) is 0. The molecule has 1 heterocycles. The van der Waals surface area contributed by atoms with E-state index in [9.17, 15) is 0 Å². The molecule has 0 radical (unpaired) electrons. The van der Waals surface area contributed by atoms with E-state index >= 15 is 0 Å². The van der Waals surface area contributed by atoms with Gasteiger partial charge in [-0.05, 0) is 6.07 Å². The number of anilines is 1. The number of hydrogen-bond acceptors (Lipinski definition) is 6. The predicted octanol–water partition coefficient (Wildman–Crippen LogP) is -0.979. The smallest absolute Gasteiger partial charge is 0.498 e. The summed E-state index contributed by atoms with van der Waals surface area (Å²) in [5.74, 6) is 0.550. The van der Waals surface area contributed by atoms with Crippen molar-refractivity contribution in [1.82, 2.24) is 4.98 Å². The zero-order valence-electron chi connectivity index (χ0n) is 6.97. The Morgan fingerprint density at radius 3 is 2.62 bits per heavy atom. The van der Waals surface area contributed by atoms with Gasteiger partial charge in [-0.3, -0.25) is 0 Å². The minimum atomic E-state index is -1.90. The Morgan fingerprint density at radius 1 is 1.46 bits per heavy atom. The highest BCUT2D eigenvalue weighted by atomic mass is 16.6. The number of methoxy groups -OCH3 is 1. The number of nitrogens with two attached hydrogens (primary N) is 1. The lowest BCUT2D eigenvalue weighted by Crippen LogP contribution is -2.21. The molecule has 0 fully saturated rings. The van der Waals surface area contributed by atoms with Gasteiger partial charge in [0.1, 0.15) is 0 Å². The minimum absolute atomic E-state index is 0.0216. The molecule has 0 spiro atoms. The van der Waals surface area contributed by atoms with E-state index < -0.39 is 7.32 Å². The van der Waals surface area contributed by atoms with Crippen molar-refractivity contribution in [3.05, 3.63) is 12.1 Å². The van der Waals surface area contributed by atoms with Crippen molar-refractivity contribution in [2.45, 2.75) is 0 Å². The number of nitrogens with zero attached hydrogens (tertiary/aromatic N) is 1. The SMILES string of the molecule is COc1ccc(OB(O)O)nc1N. The molecule has 0 saturated heterocycles. The normalized spacial score (nSPS) is 9.46. The summed E-state index contributed by atoms with van der Waals surface area (Å²) >= 11 is 0. The summed E-state index contributed by atoms with van der Waals surface area (Å²) in [5, 5.41) is 16.9. The quantitative estimate of drug-likeness (QED) is 0.522. The number of aromatic nitrogens is 1. The van der Waals surface area contributed by atoms with Crippen LogP contribution in [0.2, 0.25) is 0 Å². The molecule has 0 aromatic carbocycles. The lowest BCUT2D eigenvalue weighted by Gasteiger charge is -2.06. The van der Waals surface area contributed by atoms with E-state index in [0.717, 1.165) is 0 Å². The number of ether oxygens (including phenoxy) is 1. The van der Waals surface area contributed by atoms with Gasteiger partial charge in [0, 0.05) is 6.07 Å². The first-order chi connectivity index (χ1) is 6.13. The van der Waals surface area contributed by atoms with Crippen molar-refractivity contribution < 1.29 is 19.4 Å². The zero-order valence-corrected chi connectivity index (χ0v) is 6.97. The molecule has 4 N–H and O–H groups in total. The lowest BCUT2D eigenvalue weighted by atomic mass is 10.2. The molecule has 0 aliphatic carbocycles.